The highest BCUT2D eigenvalue weighted by molar-refractivity contribution is 5.75. The van der Waals surface area contributed by atoms with Gasteiger partial charge in [-0.1, -0.05) is 12.8 Å². The highest BCUT2D eigenvalue weighted by Crippen LogP contribution is 2.54. The molecule has 1 saturated heterocycles. The Morgan fingerprint density at radius 3 is 2.67 bits per heavy atom. The van der Waals surface area contributed by atoms with E-state index in [9.17, 15) is 9.90 Å². The van der Waals surface area contributed by atoms with Gasteiger partial charge in [-0.25, -0.2) is 4.79 Å². The molecule has 3 saturated carbocycles. The summed E-state index contributed by atoms with van der Waals surface area (Å²) < 4.78 is 0. The minimum absolute atomic E-state index is 0.0843. The minimum Gasteiger partial charge on any atom is -0.391 e. The van der Waals surface area contributed by atoms with Crippen LogP contribution in [0.4, 0.5) is 4.79 Å². The van der Waals surface area contributed by atoms with Crippen molar-refractivity contribution in [3.8, 4) is 0 Å². The Labute approximate surface area is 108 Å². The minimum atomic E-state index is -0.261. The first-order valence-corrected chi connectivity index (χ1v) is 7.49. The molecule has 4 rings (SSSR count). The van der Waals surface area contributed by atoms with Gasteiger partial charge in [0.15, 0.2) is 0 Å². The molecular weight excluding hydrogens is 228 g/mol. The highest BCUT2D eigenvalue weighted by atomic mass is 16.3. The second-order valence-corrected chi connectivity index (χ2v) is 6.72. The summed E-state index contributed by atoms with van der Waals surface area (Å²) in [7, 11) is 0. The molecule has 2 N–H and O–H groups in total. The third-order valence-corrected chi connectivity index (χ3v) is 5.79. The van der Waals surface area contributed by atoms with Crippen molar-refractivity contribution in [1.82, 2.24) is 10.2 Å². The summed E-state index contributed by atoms with van der Waals surface area (Å²) >= 11 is 0. The molecule has 4 aliphatic rings. The average molecular weight is 250 g/mol. The van der Waals surface area contributed by atoms with Crippen molar-refractivity contribution in [1.29, 1.82) is 0 Å². The second-order valence-electron chi connectivity index (χ2n) is 6.72. The molecule has 0 aromatic rings. The molecular formula is C14H22N2O2. The number of carbonyl (C=O) groups excluding carboxylic acids is 1. The molecule has 4 fully saturated rings. The lowest BCUT2D eigenvalue weighted by Gasteiger charge is -2.29. The highest BCUT2D eigenvalue weighted by Gasteiger charge is 2.60. The molecule has 0 spiro atoms. The van der Waals surface area contributed by atoms with Gasteiger partial charge >= 0.3 is 6.03 Å². The maximum atomic E-state index is 12.4. The molecule has 0 radical (unpaired) electrons. The van der Waals surface area contributed by atoms with Crippen LogP contribution in [0.25, 0.3) is 0 Å². The summed E-state index contributed by atoms with van der Waals surface area (Å²) in [6.07, 6.45) is 6.75. The van der Waals surface area contributed by atoms with Crippen molar-refractivity contribution >= 4 is 6.03 Å². The smallest absolute Gasteiger partial charge is 0.317 e. The van der Waals surface area contributed by atoms with E-state index < -0.39 is 0 Å². The largest absolute Gasteiger partial charge is 0.391 e. The van der Waals surface area contributed by atoms with Gasteiger partial charge in [-0.05, 0) is 43.4 Å². The van der Waals surface area contributed by atoms with Gasteiger partial charge in [0.2, 0.25) is 0 Å². The lowest BCUT2D eigenvalue weighted by molar-refractivity contribution is 0.0604. The average Bonchev–Trinajstić information content (AvgIpc) is 3.02. The summed E-state index contributed by atoms with van der Waals surface area (Å²) in [5.74, 6) is 1.71. The van der Waals surface area contributed by atoms with Gasteiger partial charge < -0.3 is 15.3 Å². The van der Waals surface area contributed by atoms with Crippen molar-refractivity contribution in [2.24, 2.45) is 17.8 Å². The summed E-state index contributed by atoms with van der Waals surface area (Å²) in [6.45, 7) is 0.876. The maximum Gasteiger partial charge on any atom is 0.317 e. The topological polar surface area (TPSA) is 52.6 Å². The van der Waals surface area contributed by atoms with Crippen molar-refractivity contribution in [3.05, 3.63) is 0 Å². The van der Waals surface area contributed by atoms with Crippen LogP contribution in [0.15, 0.2) is 0 Å². The summed E-state index contributed by atoms with van der Waals surface area (Å²) in [6, 6.07) is 0.584. The van der Waals surface area contributed by atoms with Gasteiger partial charge in [0.25, 0.3) is 0 Å². The normalized spacial score (nSPS) is 46.1. The van der Waals surface area contributed by atoms with Gasteiger partial charge in [0.05, 0.1) is 12.1 Å². The van der Waals surface area contributed by atoms with E-state index in [1.807, 2.05) is 4.90 Å². The molecule has 5 unspecified atom stereocenters. The fourth-order valence-corrected chi connectivity index (χ4v) is 4.98. The zero-order valence-corrected chi connectivity index (χ0v) is 10.7. The number of fused-ring (bicyclic) bond motifs is 1. The number of aliphatic hydroxyl groups excluding tert-OH is 1. The predicted molar refractivity (Wildman–Crippen MR) is 67.0 cm³/mol. The van der Waals surface area contributed by atoms with Crippen molar-refractivity contribution in [2.45, 2.75) is 56.7 Å². The summed E-state index contributed by atoms with van der Waals surface area (Å²) in [4.78, 5) is 14.3. The van der Waals surface area contributed by atoms with E-state index in [0.29, 0.717) is 23.8 Å². The van der Waals surface area contributed by atoms with Crippen LogP contribution in [0.2, 0.25) is 0 Å². The van der Waals surface area contributed by atoms with Gasteiger partial charge in [-0.2, -0.15) is 0 Å². The van der Waals surface area contributed by atoms with E-state index in [4.69, 9.17) is 0 Å². The molecule has 0 aromatic carbocycles. The number of nitrogens with one attached hydrogen (secondary N) is 1. The molecule has 100 valence electrons. The lowest BCUT2D eigenvalue weighted by Crippen LogP contribution is -2.50. The van der Waals surface area contributed by atoms with Crippen molar-refractivity contribution in [3.63, 3.8) is 0 Å². The van der Waals surface area contributed by atoms with Crippen LogP contribution in [-0.2, 0) is 0 Å². The van der Waals surface area contributed by atoms with Crippen LogP contribution < -0.4 is 5.32 Å². The first-order chi connectivity index (χ1) is 8.74. The first-order valence-electron chi connectivity index (χ1n) is 7.49. The number of nitrogens with zero attached hydrogens (tertiary/aromatic N) is 1. The number of rotatable bonds is 1. The Hall–Kier alpha value is -0.770. The van der Waals surface area contributed by atoms with E-state index in [-0.39, 0.29) is 18.2 Å². The monoisotopic (exact) mass is 250 g/mol. The van der Waals surface area contributed by atoms with Crippen LogP contribution in [0.3, 0.4) is 0 Å². The van der Waals surface area contributed by atoms with E-state index in [1.165, 1.54) is 12.8 Å². The molecule has 3 aliphatic carbocycles. The number of aliphatic hydroxyl groups is 1. The third-order valence-electron chi connectivity index (χ3n) is 5.79. The molecule has 2 amide bonds. The van der Waals surface area contributed by atoms with Crippen LogP contribution >= 0.6 is 0 Å². The fraction of sp³-hybridized carbons (Fsp3) is 0.929. The van der Waals surface area contributed by atoms with E-state index in [2.05, 4.69) is 5.32 Å². The van der Waals surface area contributed by atoms with E-state index >= 15 is 0 Å². The maximum absolute atomic E-state index is 12.4. The lowest BCUT2D eigenvalue weighted by atomic mass is 9.88. The third kappa shape index (κ3) is 1.44. The predicted octanol–water partition coefficient (Wildman–Crippen LogP) is 1.34. The molecule has 5 atom stereocenters. The Balaban J connectivity index is 1.47. The Kier molecular flexibility index (Phi) is 2.38. The number of hydrogen-bond acceptors (Lipinski definition) is 2. The van der Waals surface area contributed by atoms with Gasteiger partial charge in [0.1, 0.15) is 0 Å². The Morgan fingerprint density at radius 2 is 1.94 bits per heavy atom. The number of hydrogen-bond donors (Lipinski definition) is 2. The number of likely N-dealkylation sites (tertiary alicyclic amines) is 1. The Morgan fingerprint density at radius 1 is 1.17 bits per heavy atom. The number of carbonyl (C=O) groups is 1. The quantitative estimate of drug-likeness (QED) is 0.738. The van der Waals surface area contributed by atoms with Crippen LogP contribution in [0, 0.1) is 17.8 Å². The Bertz CT molecular complexity index is 365. The van der Waals surface area contributed by atoms with E-state index in [0.717, 1.165) is 32.2 Å². The van der Waals surface area contributed by atoms with Crippen LogP contribution in [0.5, 0.6) is 0 Å². The first kappa shape index (κ1) is 11.1. The molecule has 18 heavy (non-hydrogen) atoms. The van der Waals surface area contributed by atoms with Gasteiger partial charge in [-0.15, -0.1) is 0 Å². The standard InChI is InChI=1S/C14H22N2O2/c17-13-8-5-9-7-16(12(13)11(9)6-8)14(18)15-10-3-1-2-4-10/h8-13,17H,1-7H2,(H,15,18). The SMILES string of the molecule is O=C(NC1CCCC1)N1CC2CC3CC2C1C3O. The summed E-state index contributed by atoms with van der Waals surface area (Å²) in [5.41, 5.74) is 0. The van der Waals surface area contributed by atoms with Crippen molar-refractivity contribution in [2.75, 3.05) is 6.54 Å². The zero-order chi connectivity index (χ0) is 12.3. The molecule has 0 aromatic heterocycles. The number of urea groups is 1. The molecule has 2 bridgehead atoms. The number of amides is 2. The zero-order valence-electron chi connectivity index (χ0n) is 10.7. The second kappa shape index (κ2) is 3.86. The molecule has 1 heterocycles. The van der Waals surface area contributed by atoms with Crippen molar-refractivity contribution < 1.29 is 9.90 Å². The summed E-state index contributed by atoms with van der Waals surface area (Å²) in [5, 5.41) is 13.4. The van der Waals surface area contributed by atoms with Crippen LogP contribution in [-0.4, -0.2) is 40.8 Å². The molecule has 1 aliphatic heterocycles. The molecule has 4 heteroatoms. The van der Waals surface area contributed by atoms with Crippen LogP contribution in [0.1, 0.15) is 38.5 Å². The molecule has 4 nitrogen and oxygen atoms in total. The van der Waals surface area contributed by atoms with Gasteiger partial charge in [0, 0.05) is 12.6 Å². The fourth-order valence-electron chi connectivity index (χ4n) is 4.98. The van der Waals surface area contributed by atoms with Gasteiger partial charge in [-0.3, -0.25) is 0 Å². The van der Waals surface area contributed by atoms with E-state index in [1.54, 1.807) is 0 Å².